The molecule has 0 aromatic carbocycles. The molecule has 7 nitrogen and oxygen atoms in total. The number of aromatic amines is 1. The summed E-state index contributed by atoms with van der Waals surface area (Å²) in [4.78, 5) is 4.33. The number of nitrogens with two attached hydrogens (primary N) is 1. The Bertz CT molecular complexity index is 521. The quantitative estimate of drug-likeness (QED) is 0.838. The van der Waals surface area contributed by atoms with E-state index in [-0.39, 0.29) is 0 Å². The second-order valence-corrected chi connectivity index (χ2v) is 4.14. The summed E-state index contributed by atoms with van der Waals surface area (Å²) in [7, 11) is 0. The first-order valence-electron chi connectivity index (χ1n) is 5.88. The lowest BCUT2D eigenvalue weighted by molar-refractivity contribution is -0.0403. The SMILES string of the molecule is CCOC(C)(CC)c1noc(-c2cn[nH]c2N)n1. The minimum atomic E-state index is -0.547. The summed E-state index contributed by atoms with van der Waals surface area (Å²) in [6.45, 7) is 6.47. The molecule has 1 unspecified atom stereocenters. The van der Waals surface area contributed by atoms with Crippen LogP contribution in [0.2, 0.25) is 0 Å². The number of nitrogens with one attached hydrogen (secondary N) is 1. The average Bonchev–Trinajstić information content (AvgIpc) is 2.97. The van der Waals surface area contributed by atoms with E-state index >= 15 is 0 Å². The van der Waals surface area contributed by atoms with Crippen LogP contribution in [-0.4, -0.2) is 26.9 Å². The summed E-state index contributed by atoms with van der Waals surface area (Å²) >= 11 is 0. The lowest BCUT2D eigenvalue weighted by Gasteiger charge is -2.23. The fraction of sp³-hybridized carbons (Fsp3) is 0.545. The van der Waals surface area contributed by atoms with Gasteiger partial charge in [0.05, 0.1) is 6.20 Å². The van der Waals surface area contributed by atoms with Crippen molar-refractivity contribution in [3.05, 3.63) is 12.0 Å². The van der Waals surface area contributed by atoms with Gasteiger partial charge in [-0.25, -0.2) is 0 Å². The molecular formula is C11H17N5O2. The largest absolute Gasteiger partial charge is 0.383 e. The maximum atomic E-state index is 5.70. The van der Waals surface area contributed by atoms with Gasteiger partial charge in [-0.15, -0.1) is 0 Å². The standard InChI is InChI=1S/C11H17N5O2/c1-4-11(3,17-5-2)10-14-9(18-16-10)7-6-13-15-8(7)12/h6H,4-5H2,1-3H3,(H3,12,13,15). The Labute approximate surface area is 105 Å². The fourth-order valence-electron chi connectivity index (χ4n) is 1.66. The van der Waals surface area contributed by atoms with Crippen molar-refractivity contribution in [1.82, 2.24) is 20.3 Å². The molecule has 0 spiro atoms. The molecule has 0 aliphatic heterocycles. The van der Waals surface area contributed by atoms with Crippen LogP contribution in [0.5, 0.6) is 0 Å². The number of aromatic nitrogens is 4. The third-order valence-corrected chi connectivity index (χ3v) is 2.94. The van der Waals surface area contributed by atoms with Gasteiger partial charge in [-0.3, -0.25) is 5.10 Å². The van der Waals surface area contributed by atoms with E-state index in [4.69, 9.17) is 15.0 Å². The lowest BCUT2D eigenvalue weighted by atomic mass is 10.0. The Morgan fingerprint density at radius 2 is 2.28 bits per heavy atom. The molecule has 0 bridgehead atoms. The number of nitrogen functional groups attached to an aromatic ring is 1. The third-order valence-electron chi connectivity index (χ3n) is 2.94. The van der Waals surface area contributed by atoms with E-state index in [2.05, 4.69) is 20.3 Å². The smallest absolute Gasteiger partial charge is 0.263 e. The second-order valence-electron chi connectivity index (χ2n) is 4.14. The van der Waals surface area contributed by atoms with E-state index in [0.717, 1.165) is 6.42 Å². The first-order chi connectivity index (χ1) is 8.60. The molecule has 2 heterocycles. The molecule has 2 aromatic rings. The van der Waals surface area contributed by atoms with Crippen molar-refractivity contribution < 1.29 is 9.26 Å². The highest BCUT2D eigenvalue weighted by atomic mass is 16.5. The Morgan fingerprint density at radius 3 is 2.83 bits per heavy atom. The van der Waals surface area contributed by atoms with Gasteiger partial charge in [0, 0.05) is 6.61 Å². The molecule has 0 aliphatic rings. The van der Waals surface area contributed by atoms with Gasteiger partial charge in [0.1, 0.15) is 17.0 Å². The first kappa shape index (κ1) is 12.6. The van der Waals surface area contributed by atoms with Gasteiger partial charge >= 0.3 is 0 Å². The zero-order valence-corrected chi connectivity index (χ0v) is 10.7. The Kier molecular flexibility index (Phi) is 3.33. The molecule has 2 rings (SSSR count). The van der Waals surface area contributed by atoms with Crippen molar-refractivity contribution in [2.75, 3.05) is 12.3 Å². The minimum absolute atomic E-state index is 0.343. The number of H-pyrrole nitrogens is 1. The fourth-order valence-corrected chi connectivity index (χ4v) is 1.66. The van der Waals surface area contributed by atoms with Crippen molar-refractivity contribution in [1.29, 1.82) is 0 Å². The summed E-state index contributed by atoms with van der Waals surface area (Å²) in [6, 6.07) is 0. The summed E-state index contributed by atoms with van der Waals surface area (Å²) in [5.74, 6) is 1.26. The summed E-state index contributed by atoms with van der Waals surface area (Å²) in [5, 5.41) is 10.4. The summed E-state index contributed by atoms with van der Waals surface area (Å²) in [5.41, 5.74) is 5.76. The Balaban J connectivity index is 2.33. The van der Waals surface area contributed by atoms with Gasteiger partial charge in [-0.2, -0.15) is 10.1 Å². The van der Waals surface area contributed by atoms with Crippen LogP contribution in [0.4, 0.5) is 5.82 Å². The molecule has 0 amide bonds. The molecule has 2 aromatic heterocycles. The van der Waals surface area contributed by atoms with Crippen molar-refractivity contribution in [2.45, 2.75) is 32.8 Å². The van der Waals surface area contributed by atoms with E-state index < -0.39 is 5.60 Å². The number of ether oxygens (including phenoxy) is 1. The second kappa shape index (κ2) is 4.77. The highest BCUT2D eigenvalue weighted by Gasteiger charge is 2.31. The highest BCUT2D eigenvalue weighted by Crippen LogP contribution is 2.29. The molecule has 0 saturated carbocycles. The van der Waals surface area contributed by atoms with Gasteiger partial charge in [-0.1, -0.05) is 12.1 Å². The Morgan fingerprint density at radius 1 is 1.50 bits per heavy atom. The predicted octanol–water partition coefficient (Wildman–Crippen LogP) is 1.70. The molecule has 3 N–H and O–H groups in total. The van der Waals surface area contributed by atoms with Crippen LogP contribution in [-0.2, 0) is 10.3 Å². The van der Waals surface area contributed by atoms with Crippen molar-refractivity contribution >= 4 is 5.82 Å². The molecule has 18 heavy (non-hydrogen) atoms. The summed E-state index contributed by atoms with van der Waals surface area (Å²) in [6.07, 6.45) is 2.30. The molecule has 0 fully saturated rings. The molecular weight excluding hydrogens is 234 g/mol. The van der Waals surface area contributed by atoms with Crippen LogP contribution >= 0.6 is 0 Å². The van der Waals surface area contributed by atoms with Gasteiger partial charge in [0.15, 0.2) is 0 Å². The van der Waals surface area contributed by atoms with Crippen LogP contribution < -0.4 is 5.73 Å². The van der Waals surface area contributed by atoms with Gasteiger partial charge in [0.2, 0.25) is 5.82 Å². The third kappa shape index (κ3) is 2.08. The number of hydrogen-bond acceptors (Lipinski definition) is 6. The summed E-state index contributed by atoms with van der Waals surface area (Å²) < 4.78 is 10.9. The van der Waals surface area contributed by atoms with Crippen LogP contribution in [0.25, 0.3) is 11.5 Å². The van der Waals surface area contributed by atoms with Gasteiger partial charge < -0.3 is 15.0 Å². The topological polar surface area (TPSA) is 103 Å². The minimum Gasteiger partial charge on any atom is -0.383 e. The van der Waals surface area contributed by atoms with Crippen molar-refractivity contribution in [3.63, 3.8) is 0 Å². The number of rotatable bonds is 5. The number of anilines is 1. The number of hydrogen-bond donors (Lipinski definition) is 2. The van der Waals surface area contributed by atoms with E-state index in [1.165, 1.54) is 0 Å². The highest BCUT2D eigenvalue weighted by molar-refractivity contribution is 5.65. The lowest BCUT2D eigenvalue weighted by Crippen LogP contribution is -2.26. The molecule has 0 saturated heterocycles. The zero-order chi connectivity index (χ0) is 13.2. The molecule has 1 atom stereocenters. The van der Waals surface area contributed by atoms with Crippen LogP contribution in [0.15, 0.2) is 10.7 Å². The monoisotopic (exact) mass is 251 g/mol. The van der Waals surface area contributed by atoms with Crippen molar-refractivity contribution in [3.8, 4) is 11.5 Å². The van der Waals surface area contributed by atoms with Crippen molar-refractivity contribution in [2.24, 2.45) is 0 Å². The normalized spacial score (nSPS) is 14.6. The van der Waals surface area contributed by atoms with E-state index in [1.54, 1.807) is 6.20 Å². The van der Waals surface area contributed by atoms with Crippen LogP contribution in [0.1, 0.15) is 33.0 Å². The average molecular weight is 251 g/mol. The molecule has 98 valence electrons. The Hall–Kier alpha value is -1.89. The first-order valence-corrected chi connectivity index (χ1v) is 5.88. The van der Waals surface area contributed by atoms with Gasteiger partial charge in [0.25, 0.3) is 5.89 Å². The van der Waals surface area contributed by atoms with E-state index in [1.807, 2.05) is 20.8 Å². The maximum absolute atomic E-state index is 5.70. The van der Waals surface area contributed by atoms with Gasteiger partial charge in [-0.05, 0) is 20.3 Å². The zero-order valence-electron chi connectivity index (χ0n) is 10.7. The van der Waals surface area contributed by atoms with Crippen LogP contribution in [0.3, 0.4) is 0 Å². The molecule has 0 aliphatic carbocycles. The molecule has 7 heteroatoms. The predicted molar refractivity (Wildman–Crippen MR) is 65.6 cm³/mol. The van der Waals surface area contributed by atoms with E-state index in [0.29, 0.717) is 29.7 Å². The molecule has 0 radical (unpaired) electrons. The van der Waals surface area contributed by atoms with E-state index in [9.17, 15) is 0 Å². The van der Waals surface area contributed by atoms with Crippen LogP contribution in [0, 0.1) is 0 Å². The number of nitrogens with zero attached hydrogens (tertiary/aromatic N) is 3. The maximum Gasteiger partial charge on any atom is 0.263 e.